The SMILES string of the molecule is Cc1noc(-c2ccc(-c3ccc(CC(=O)O)cc3)cc2)c1CC(=O)OC(C)(C)C. The molecule has 1 N–H and O–H groups in total. The lowest BCUT2D eigenvalue weighted by Gasteiger charge is -2.19. The molecule has 0 spiro atoms. The first kappa shape index (κ1) is 21.3. The zero-order valence-electron chi connectivity index (χ0n) is 17.6. The van der Waals surface area contributed by atoms with Crippen molar-refractivity contribution in [1.82, 2.24) is 5.16 Å². The lowest BCUT2D eigenvalue weighted by Crippen LogP contribution is -2.25. The van der Waals surface area contributed by atoms with Gasteiger partial charge in [0.1, 0.15) is 5.60 Å². The van der Waals surface area contributed by atoms with Gasteiger partial charge in [-0.1, -0.05) is 53.7 Å². The summed E-state index contributed by atoms with van der Waals surface area (Å²) in [6.45, 7) is 7.30. The first-order chi connectivity index (χ1) is 14.1. The highest BCUT2D eigenvalue weighted by molar-refractivity contribution is 5.78. The predicted octanol–water partition coefficient (Wildman–Crippen LogP) is 4.83. The maximum atomic E-state index is 12.3. The van der Waals surface area contributed by atoms with E-state index in [0.29, 0.717) is 11.5 Å². The molecule has 6 heteroatoms. The summed E-state index contributed by atoms with van der Waals surface area (Å²) in [5.74, 6) is -0.619. The van der Waals surface area contributed by atoms with Gasteiger partial charge in [0.2, 0.25) is 0 Å². The van der Waals surface area contributed by atoms with Crippen molar-refractivity contribution in [1.29, 1.82) is 0 Å². The van der Waals surface area contributed by atoms with Crippen LogP contribution in [0.15, 0.2) is 53.1 Å². The predicted molar refractivity (Wildman–Crippen MR) is 113 cm³/mol. The number of carboxylic acid groups (broad SMARTS) is 1. The van der Waals surface area contributed by atoms with E-state index >= 15 is 0 Å². The van der Waals surface area contributed by atoms with E-state index in [1.165, 1.54) is 0 Å². The fraction of sp³-hybridized carbons (Fsp3) is 0.292. The summed E-state index contributed by atoms with van der Waals surface area (Å²) < 4.78 is 10.9. The molecule has 156 valence electrons. The van der Waals surface area contributed by atoms with E-state index in [0.717, 1.165) is 27.8 Å². The summed E-state index contributed by atoms with van der Waals surface area (Å²) in [4.78, 5) is 23.1. The van der Waals surface area contributed by atoms with Gasteiger partial charge in [0.15, 0.2) is 5.76 Å². The second-order valence-corrected chi connectivity index (χ2v) is 8.18. The molecule has 0 aliphatic rings. The van der Waals surface area contributed by atoms with Gasteiger partial charge in [-0.3, -0.25) is 9.59 Å². The molecule has 3 rings (SSSR count). The van der Waals surface area contributed by atoms with Gasteiger partial charge in [-0.2, -0.15) is 0 Å². The molecule has 3 aromatic rings. The molecule has 0 amide bonds. The zero-order chi connectivity index (χ0) is 21.9. The smallest absolute Gasteiger partial charge is 0.310 e. The third-order valence-electron chi connectivity index (χ3n) is 4.52. The Morgan fingerprint density at radius 1 is 0.933 bits per heavy atom. The number of carbonyl (C=O) groups excluding carboxylic acids is 1. The fourth-order valence-corrected chi connectivity index (χ4v) is 3.15. The van der Waals surface area contributed by atoms with Crippen molar-refractivity contribution in [2.24, 2.45) is 0 Å². The number of esters is 1. The average Bonchev–Trinajstić information content (AvgIpc) is 3.01. The maximum absolute atomic E-state index is 12.3. The standard InChI is InChI=1S/C24H25NO5/c1-15-20(14-22(28)29-24(2,3)4)23(30-25-15)19-11-9-18(10-12-19)17-7-5-16(6-8-17)13-21(26)27/h5-12H,13-14H2,1-4H3,(H,26,27). The molecule has 30 heavy (non-hydrogen) atoms. The molecular formula is C24H25NO5. The summed E-state index contributed by atoms with van der Waals surface area (Å²) >= 11 is 0. The number of carbonyl (C=O) groups is 2. The molecule has 2 aromatic carbocycles. The fourth-order valence-electron chi connectivity index (χ4n) is 3.15. The van der Waals surface area contributed by atoms with Crippen LogP contribution in [0.3, 0.4) is 0 Å². The van der Waals surface area contributed by atoms with Crippen molar-refractivity contribution in [2.45, 2.75) is 46.1 Å². The number of ether oxygens (including phenoxy) is 1. The molecule has 0 unspecified atom stereocenters. The Labute approximate surface area is 175 Å². The zero-order valence-corrected chi connectivity index (χ0v) is 17.6. The van der Waals surface area contributed by atoms with Crippen molar-refractivity contribution in [3.63, 3.8) is 0 Å². The maximum Gasteiger partial charge on any atom is 0.310 e. The Hall–Kier alpha value is -3.41. The van der Waals surface area contributed by atoms with Crippen LogP contribution in [0.5, 0.6) is 0 Å². The minimum atomic E-state index is -0.850. The van der Waals surface area contributed by atoms with Crippen molar-refractivity contribution in [3.05, 3.63) is 65.4 Å². The van der Waals surface area contributed by atoms with E-state index in [4.69, 9.17) is 14.4 Å². The van der Waals surface area contributed by atoms with Gasteiger partial charge in [-0.15, -0.1) is 0 Å². The summed E-state index contributed by atoms with van der Waals surface area (Å²) in [5.41, 5.74) is 4.38. The number of nitrogens with zero attached hydrogens (tertiary/aromatic N) is 1. The number of aliphatic carboxylic acids is 1. The number of hydrogen-bond acceptors (Lipinski definition) is 5. The largest absolute Gasteiger partial charge is 0.481 e. The Bertz CT molecular complexity index is 1040. The Kier molecular flexibility index (Phi) is 6.06. The van der Waals surface area contributed by atoms with E-state index in [-0.39, 0.29) is 18.8 Å². The number of rotatable bonds is 6. The number of hydrogen-bond donors (Lipinski definition) is 1. The van der Waals surface area contributed by atoms with Gasteiger partial charge in [0.25, 0.3) is 0 Å². The third-order valence-corrected chi connectivity index (χ3v) is 4.52. The Balaban J connectivity index is 1.80. The molecule has 0 saturated carbocycles. The summed E-state index contributed by atoms with van der Waals surface area (Å²) in [6.07, 6.45) is 0.0964. The molecule has 1 heterocycles. The van der Waals surface area contributed by atoms with Crippen LogP contribution in [0, 0.1) is 6.92 Å². The molecular weight excluding hydrogens is 382 g/mol. The van der Waals surface area contributed by atoms with Gasteiger partial charge in [-0.25, -0.2) is 0 Å². The highest BCUT2D eigenvalue weighted by atomic mass is 16.6. The molecule has 1 aromatic heterocycles. The second-order valence-electron chi connectivity index (χ2n) is 8.18. The number of aryl methyl sites for hydroxylation is 1. The summed E-state index contributed by atoms with van der Waals surface area (Å²) in [6, 6.07) is 15.2. The van der Waals surface area contributed by atoms with Gasteiger partial charge in [0, 0.05) is 11.1 Å². The normalized spacial score (nSPS) is 11.3. The lowest BCUT2D eigenvalue weighted by molar-refractivity contribution is -0.154. The van der Waals surface area contributed by atoms with Gasteiger partial charge < -0.3 is 14.4 Å². The minimum absolute atomic E-state index is 0.00445. The third kappa shape index (κ3) is 5.35. The van der Waals surface area contributed by atoms with Crippen LogP contribution < -0.4 is 0 Å². The highest BCUT2D eigenvalue weighted by Gasteiger charge is 2.22. The molecule has 0 atom stereocenters. The average molecular weight is 407 g/mol. The van der Waals surface area contributed by atoms with E-state index in [9.17, 15) is 9.59 Å². The van der Waals surface area contributed by atoms with E-state index < -0.39 is 11.6 Å². The number of carboxylic acids is 1. The lowest BCUT2D eigenvalue weighted by atomic mass is 9.99. The van der Waals surface area contributed by atoms with Crippen molar-refractivity contribution < 1.29 is 24.0 Å². The summed E-state index contributed by atoms with van der Waals surface area (Å²) in [5, 5.41) is 12.9. The van der Waals surface area contributed by atoms with Gasteiger partial charge >= 0.3 is 11.9 Å². The Morgan fingerprint density at radius 2 is 1.47 bits per heavy atom. The van der Waals surface area contributed by atoms with Crippen LogP contribution in [-0.4, -0.2) is 27.8 Å². The topological polar surface area (TPSA) is 89.6 Å². The molecule has 6 nitrogen and oxygen atoms in total. The number of aromatic nitrogens is 1. The highest BCUT2D eigenvalue weighted by Crippen LogP contribution is 2.30. The van der Waals surface area contributed by atoms with E-state index in [1.54, 1.807) is 6.92 Å². The van der Waals surface area contributed by atoms with Crippen LogP contribution in [0.1, 0.15) is 37.6 Å². The minimum Gasteiger partial charge on any atom is -0.481 e. The molecule has 0 bridgehead atoms. The van der Waals surface area contributed by atoms with Crippen molar-refractivity contribution in [2.75, 3.05) is 0 Å². The Morgan fingerprint density at radius 3 is 2.00 bits per heavy atom. The van der Waals surface area contributed by atoms with Crippen LogP contribution in [0.2, 0.25) is 0 Å². The molecule has 0 aliphatic carbocycles. The van der Waals surface area contributed by atoms with E-state index in [1.807, 2.05) is 69.3 Å². The molecule has 0 fully saturated rings. The summed E-state index contributed by atoms with van der Waals surface area (Å²) in [7, 11) is 0. The van der Waals surface area contributed by atoms with Crippen LogP contribution in [0.25, 0.3) is 22.5 Å². The first-order valence-corrected chi connectivity index (χ1v) is 9.71. The quantitative estimate of drug-likeness (QED) is 0.589. The van der Waals surface area contributed by atoms with Crippen molar-refractivity contribution >= 4 is 11.9 Å². The van der Waals surface area contributed by atoms with Gasteiger partial charge in [0.05, 0.1) is 18.5 Å². The number of benzene rings is 2. The molecule has 0 aliphatic heterocycles. The van der Waals surface area contributed by atoms with Crippen LogP contribution in [0.4, 0.5) is 0 Å². The van der Waals surface area contributed by atoms with Crippen LogP contribution in [-0.2, 0) is 27.2 Å². The second kappa shape index (κ2) is 8.53. The molecule has 0 radical (unpaired) electrons. The first-order valence-electron chi connectivity index (χ1n) is 9.71. The molecule has 0 saturated heterocycles. The van der Waals surface area contributed by atoms with Gasteiger partial charge in [-0.05, 0) is 44.4 Å². The monoisotopic (exact) mass is 407 g/mol. The van der Waals surface area contributed by atoms with Crippen molar-refractivity contribution in [3.8, 4) is 22.5 Å². The van der Waals surface area contributed by atoms with Crippen LogP contribution >= 0.6 is 0 Å². The van der Waals surface area contributed by atoms with E-state index in [2.05, 4.69) is 5.16 Å².